The Labute approximate surface area is 175 Å². The third kappa shape index (κ3) is 5.72. The Bertz CT molecular complexity index is 984. The van der Waals surface area contributed by atoms with Crippen LogP contribution < -0.4 is 5.32 Å². The van der Waals surface area contributed by atoms with E-state index in [1.165, 1.54) is 22.7 Å². The van der Waals surface area contributed by atoms with Crippen LogP contribution in [0.15, 0.2) is 47.8 Å². The number of thiophene rings is 1. The molecule has 0 aliphatic heterocycles. The number of esters is 1. The van der Waals surface area contributed by atoms with Gasteiger partial charge in [-0.25, -0.2) is 9.78 Å². The lowest BCUT2D eigenvalue weighted by Crippen LogP contribution is -2.34. The molecule has 0 aliphatic rings. The fourth-order valence-corrected chi connectivity index (χ4v) is 4.30. The highest BCUT2D eigenvalue weighted by Gasteiger charge is 2.19. The van der Waals surface area contributed by atoms with Gasteiger partial charge in [0.25, 0.3) is 5.91 Å². The summed E-state index contributed by atoms with van der Waals surface area (Å²) in [5.41, 5.74) is 1.69. The molecule has 0 atom stereocenters. The number of rotatable bonds is 7. The van der Waals surface area contributed by atoms with Crippen LogP contribution in [0.25, 0.3) is 21.1 Å². The number of hydrogen-bond donors (Lipinski definition) is 1. The number of carbonyl (C=O) groups excluding carboxylic acids is 3. The van der Waals surface area contributed by atoms with Crippen LogP contribution in [0.3, 0.4) is 0 Å². The molecule has 0 spiro atoms. The minimum atomic E-state index is -0.872. The Morgan fingerprint density at radius 3 is 2.55 bits per heavy atom. The van der Waals surface area contributed by atoms with E-state index in [0.717, 1.165) is 26.0 Å². The van der Waals surface area contributed by atoms with Crippen LogP contribution in [0.5, 0.6) is 0 Å². The van der Waals surface area contributed by atoms with Crippen molar-refractivity contribution >= 4 is 40.6 Å². The van der Waals surface area contributed by atoms with Crippen molar-refractivity contribution in [1.82, 2.24) is 10.3 Å². The molecule has 0 radical (unpaired) electrons. The van der Waals surface area contributed by atoms with Crippen LogP contribution in [0.2, 0.25) is 0 Å². The second-order valence-corrected chi connectivity index (χ2v) is 7.77. The van der Waals surface area contributed by atoms with Crippen LogP contribution in [-0.4, -0.2) is 36.2 Å². The molecule has 3 rings (SSSR count). The first-order chi connectivity index (χ1) is 14.1. The van der Waals surface area contributed by atoms with Gasteiger partial charge in [0.2, 0.25) is 0 Å². The topological polar surface area (TPSA) is 94.6 Å². The molecule has 0 saturated heterocycles. The first kappa shape index (κ1) is 20.7. The summed E-state index contributed by atoms with van der Waals surface area (Å²) >= 11 is 2.94. The van der Waals surface area contributed by atoms with Gasteiger partial charge in [0.1, 0.15) is 5.01 Å². The van der Waals surface area contributed by atoms with Gasteiger partial charge in [-0.05, 0) is 18.4 Å². The summed E-state index contributed by atoms with van der Waals surface area (Å²) < 4.78 is 9.60. The van der Waals surface area contributed by atoms with Crippen molar-refractivity contribution in [1.29, 1.82) is 0 Å². The lowest BCUT2D eigenvalue weighted by atomic mass is 10.2. The van der Waals surface area contributed by atoms with Gasteiger partial charge in [-0.1, -0.05) is 36.4 Å². The van der Waals surface area contributed by atoms with Crippen molar-refractivity contribution in [3.63, 3.8) is 0 Å². The van der Waals surface area contributed by atoms with E-state index in [9.17, 15) is 14.4 Å². The number of aromatic nitrogens is 1. The SMILES string of the molecule is CCOC(=O)NC(=O)COC(=O)Cc1sc(-c2ccccc2)nc1-c1cccs1. The van der Waals surface area contributed by atoms with E-state index in [1.54, 1.807) is 6.92 Å². The molecule has 0 fully saturated rings. The molecule has 2 amide bonds. The summed E-state index contributed by atoms with van der Waals surface area (Å²) in [4.78, 5) is 41.5. The van der Waals surface area contributed by atoms with Gasteiger partial charge < -0.3 is 9.47 Å². The lowest BCUT2D eigenvalue weighted by Gasteiger charge is -2.05. The fraction of sp³-hybridized carbons (Fsp3) is 0.200. The van der Waals surface area contributed by atoms with Gasteiger partial charge >= 0.3 is 12.1 Å². The number of hydrogen-bond acceptors (Lipinski definition) is 8. The highest BCUT2D eigenvalue weighted by Crippen LogP contribution is 2.36. The molecular weight excluding hydrogens is 412 g/mol. The number of carbonyl (C=O) groups is 3. The standard InChI is InChI=1S/C20H18N2O5S2/c1-2-26-20(25)21-16(23)12-27-17(24)11-15-18(14-9-6-10-28-14)22-19(29-15)13-7-4-3-5-8-13/h3-10H,2,11-12H2,1H3,(H,21,23,25). The van der Waals surface area contributed by atoms with Crippen LogP contribution in [-0.2, 0) is 25.5 Å². The molecule has 2 heterocycles. The molecule has 0 bridgehead atoms. The molecule has 9 heteroatoms. The van der Waals surface area contributed by atoms with Gasteiger partial charge in [0, 0.05) is 10.4 Å². The maximum Gasteiger partial charge on any atom is 0.413 e. The van der Waals surface area contributed by atoms with Crippen molar-refractivity contribution in [2.75, 3.05) is 13.2 Å². The van der Waals surface area contributed by atoms with E-state index < -0.39 is 24.6 Å². The van der Waals surface area contributed by atoms with E-state index in [4.69, 9.17) is 9.72 Å². The van der Waals surface area contributed by atoms with Crippen molar-refractivity contribution < 1.29 is 23.9 Å². The average molecular weight is 431 g/mol. The molecule has 1 aromatic carbocycles. The quantitative estimate of drug-likeness (QED) is 0.572. The Morgan fingerprint density at radius 1 is 1.07 bits per heavy atom. The zero-order valence-corrected chi connectivity index (χ0v) is 17.2. The van der Waals surface area contributed by atoms with E-state index in [0.29, 0.717) is 0 Å². The number of imide groups is 1. The van der Waals surface area contributed by atoms with Gasteiger partial charge in [-0.3, -0.25) is 14.9 Å². The van der Waals surface area contributed by atoms with Crippen molar-refractivity contribution in [3.8, 4) is 21.1 Å². The van der Waals surface area contributed by atoms with E-state index in [1.807, 2.05) is 53.2 Å². The minimum Gasteiger partial charge on any atom is -0.455 e. The van der Waals surface area contributed by atoms with Crippen LogP contribution >= 0.6 is 22.7 Å². The summed E-state index contributed by atoms with van der Waals surface area (Å²) in [6, 6.07) is 13.6. The summed E-state index contributed by atoms with van der Waals surface area (Å²) in [5, 5.41) is 4.72. The third-order valence-corrected chi connectivity index (χ3v) is 5.64. The molecule has 29 heavy (non-hydrogen) atoms. The summed E-state index contributed by atoms with van der Waals surface area (Å²) in [5.74, 6) is -1.32. The second kappa shape index (κ2) is 9.94. The predicted octanol–water partition coefficient (Wildman–Crippen LogP) is 3.90. The number of alkyl carbamates (subject to hydrolysis) is 1. The Hall–Kier alpha value is -3.04. The van der Waals surface area contributed by atoms with Crippen LogP contribution in [0.1, 0.15) is 11.8 Å². The fourth-order valence-electron chi connectivity index (χ4n) is 2.43. The van der Waals surface area contributed by atoms with Crippen LogP contribution in [0.4, 0.5) is 4.79 Å². The highest BCUT2D eigenvalue weighted by atomic mass is 32.1. The lowest BCUT2D eigenvalue weighted by molar-refractivity contribution is -0.147. The van der Waals surface area contributed by atoms with Crippen LogP contribution in [0, 0.1) is 0 Å². The number of amides is 2. The second-order valence-electron chi connectivity index (χ2n) is 5.74. The molecule has 0 saturated carbocycles. The van der Waals surface area contributed by atoms with Gasteiger partial charge in [0.15, 0.2) is 6.61 Å². The Kier molecular flexibility index (Phi) is 7.09. The highest BCUT2D eigenvalue weighted by molar-refractivity contribution is 7.17. The predicted molar refractivity (Wildman–Crippen MR) is 111 cm³/mol. The number of nitrogens with one attached hydrogen (secondary N) is 1. The number of ether oxygens (including phenoxy) is 2. The third-order valence-electron chi connectivity index (χ3n) is 3.66. The van der Waals surface area contributed by atoms with Crippen molar-refractivity contribution in [2.45, 2.75) is 13.3 Å². The number of nitrogens with zero attached hydrogens (tertiary/aromatic N) is 1. The maximum atomic E-state index is 12.3. The summed E-state index contributed by atoms with van der Waals surface area (Å²) in [6.07, 6.45) is -0.895. The van der Waals surface area contributed by atoms with E-state index >= 15 is 0 Å². The van der Waals surface area contributed by atoms with Gasteiger partial charge in [0.05, 0.1) is 23.6 Å². The summed E-state index contributed by atoms with van der Waals surface area (Å²) in [6.45, 7) is 1.20. The van der Waals surface area contributed by atoms with Gasteiger partial charge in [-0.15, -0.1) is 22.7 Å². The number of benzene rings is 1. The Balaban J connectivity index is 1.69. The molecule has 7 nitrogen and oxygen atoms in total. The monoisotopic (exact) mass is 430 g/mol. The molecular formula is C20H18N2O5S2. The largest absolute Gasteiger partial charge is 0.455 e. The zero-order chi connectivity index (χ0) is 20.6. The van der Waals surface area contributed by atoms with E-state index in [-0.39, 0.29) is 13.0 Å². The zero-order valence-electron chi connectivity index (χ0n) is 15.5. The average Bonchev–Trinajstić information content (AvgIpc) is 3.37. The molecule has 0 aliphatic carbocycles. The molecule has 2 aromatic heterocycles. The molecule has 3 aromatic rings. The maximum absolute atomic E-state index is 12.3. The molecule has 150 valence electrons. The van der Waals surface area contributed by atoms with Crippen molar-refractivity contribution in [3.05, 3.63) is 52.7 Å². The molecule has 0 unspecified atom stereocenters. The first-order valence-corrected chi connectivity index (χ1v) is 10.5. The Morgan fingerprint density at radius 2 is 1.86 bits per heavy atom. The minimum absolute atomic E-state index is 0.0234. The molecule has 1 N–H and O–H groups in total. The summed E-state index contributed by atoms with van der Waals surface area (Å²) in [7, 11) is 0. The normalized spacial score (nSPS) is 10.4. The van der Waals surface area contributed by atoms with Crippen molar-refractivity contribution in [2.24, 2.45) is 0 Å². The van der Waals surface area contributed by atoms with E-state index in [2.05, 4.69) is 4.74 Å². The first-order valence-electron chi connectivity index (χ1n) is 8.78. The smallest absolute Gasteiger partial charge is 0.413 e. The number of thiazole rings is 1. The van der Waals surface area contributed by atoms with Gasteiger partial charge in [-0.2, -0.15) is 0 Å².